The lowest BCUT2D eigenvalue weighted by molar-refractivity contribution is -0.659. The quantitative estimate of drug-likeness (QED) is 0.308. The van der Waals surface area contributed by atoms with Gasteiger partial charge in [-0.1, -0.05) is 34.1 Å². The second kappa shape index (κ2) is 14.4. The van der Waals surface area contributed by atoms with E-state index in [1.54, 1.807) is 0 Å². The van der Waals surface area contributed by atoms with Gasteiger partial charge in [0.15, 0.2) is 6.04 Å². The molecule has 0 aliphatic carbocycles. The number of aryl methyl sites for hydroxylation is 1. The summed E-state index contributed by atoms with van der Waals surface area (Å²) in [7, 11) is -3.99. The summed E-state index contributed by atoms with van der Waals surface area (Å²) in [5.74, 6) is -2.95. The summed E-state index contributed by atoms with van der Waals surface area (Å²) in [4.78, 5) is 50.0. The van der Waals surface area contributed by atoms with Gasteiger partial charge < -0.3 is 29.2 Å². The molecule has 45 heavy (non-hydrogen) atoms. The number of nitrogens with zero attached hydrogens (tertiary/aromatic N) is 1. The van der Waals surface area contributed by atoms with E-state index in [2.05, 4.69) is 20.9 Å². The van der Waals surface area contributed by atoms with Crippen LogP contribution in [0.5, 0.6) is 5.75 Å². The number of rotatable bonds is 7. The fraction of sp³-hybridized carbons (Fsp3) is 0.462. The molecule has 3 N–H and O–H groups in total. The van der Waals surface area contributed by atoms with Gasteiger partial charge in [-0.15, -0.1) is 0 Å². The van der Waals surface area contributed by atoms with Crippen LogP contribution in [0.1, 0.15) is 42.2 Å². The number of esters is 1. The van der Waals surface area contributed by atoms with Crippen molar-refractivity contribution in [2.75, 3.05) is 13.2 Å². The second-order valence-electron chi connectivity index (χ2n) is 10.1. The lowest BCUT2D eigenvalue weighted by Gasteiger charge is -2.27. The fourth-order valence-corrected chi connectivity index (χ4v) is 6.32. The van der Waals surface area contributed by atoms with Gasteiger partial charge in [-0.2, -0.15) is 13.2 Å². The van der Waals surface area contributed by atoms with Crippen LogP contribution in [0, 0.1) is 6.92 Å². The molecule has 4 heterocycles. The van der Waals surface area contributed by atoms with E-state index >= 15 is 0 Å². The largest absolute Gasteiger partial charge is 0.542 e. The SMILES string of the molecule is Cc1cccc2c1OP(=O)(OC[C@H]1O[C@@H](n3cc(/C=C/Br)c(=O)[nH]c3=O)C[C@@H]1OC(=O)[C@@H]1CCC[NH2+]1)OC2.O=C([O-])C(F)(F)F. The van der Waals surface area contributed by atoms with Crippen LogP contribution in [0.2, 0.25) is 0 Å². The van der Waals surface area contributed by atoms with Gasteiger partial charge in [0.25, 0.3) is 5.56 Å². The topological polar surface area (TPSA) is 192 Å². The van der Waals surface area contributed by atoms with Crippen LogP contribution in [-0.4, -0.2) is 59.1 Å². The highest BCUT2D eigenvalue weighted by Crippen LogP contribution is 2.55. The number of halogens is 4. The van der Waals surface area contributed by atoms with E-state index in [1.165, 1.54) is 21.8 Å². The van der Waals surface area contributed by atoms with Crippen molar-refractivity contribution in [3.05, 3.63) is 66.9 Å². The number of benzene rings is 1. The number of H-pyrrole nitrogens is 1. The van der Waals surface area contributed by atoms with E-state index < -0.39 is 49.7 Å². The number of carbonyl (C=O) groups is 2. The number of phosphoric ester groups is 1. The van der Waals surface area contributed by atoms with Gasteiger partial charge >= 0.3 is 25.7 Å². The van der Waals surface area contributed by atoms with Crippen molar-refractivity contribution in [1.29, 1.82) is 0 Å². The number of hydrogen-bond acceptors (Lipinski definition) is 11. The number of para-hydroxylation sites is 1. The first-order valence-electron chi connectivity index (χ1n) is 13.5. The number of carbonyl (C=O) groups excluding carboxylic acids is 2. The highest BCUT2D eigenvalue weighted by Gasteiger charge is 2.44. The van der Waals surface area contributed by atoms with Gasteiger partial charge in [-0.3, -0.25) is 23.4 Å². The van der Waals surface area contributed by atoms with E-state index in [0.717, 1.165) is 24.1 Å². The zero-order valence-corrected chi connectivity index (χ0v) is 26.0. The fourth-order valence-electron chi connectivity index (χ4n) is 4.74. The van der Waals surface area contributed by atoms with Crippen LogP contribution in [0.4, 0.5) is 13.2 Å². The number of nitrogens with two attached hydrogens (primary N) is 1. The molecule has 0 bridgehead atoms. The molecule has 0 saturated carbocycles. The molecule has 3 aliphatic heterocycles. The average Bonchev–Trinajstić information content (AvgIpc) is 3.65. The molecule has 1 aromatic heterocycles. The number of aromatic amines is 1. The Hall–Kier alpha value is -3.28. The van der Waals surface area contributed by atoms with Crippen molar-refractivity contribution in [2.45, 2.75) is 63.4 Å². The molecule has 0 radical (unpaired) electrons. The third kappa shape index (κ3) is 8.71. The molecule has 2 aromatic rings. The number of carboxylic acids is 1. The average molecular weight is 726 g/mol. The molecule has 2 fully saturated rings. The molecule has 2 saturated heterocycles. The molecule has 14 nitrogen and oxygen atoms in total. The summed E-state index contributed by atoms with van der Waals surface area (Å²) >= 11 is 3.12. The summed E-state index contributed by atoms with van der Waals surface area (Å²) in [6, 6.07) is 5.18. The Morgan fingerprint density at radius 3 is 2.69 bits per heavy atom. The Morgan fingerprint density at radius 1 is 1.31 bits per heavy atom. The zero-order valence-electron chi connectivity index (χ0n) is 23.5. The maximum atomic E-state index is 13.3. The van der Waals surface area contributed by atoms with E-state index in [9.17, 15) is 32.1 Å². The number of aliphatic carboxylic acids is 1. The van der Waals surface area contributed by atoms with Gasteiger partial charge in [-0.25, -0.2) is 14.2 Å². The van der Waals surface area contributed by atoms with Crippen molar-refractivity contribution < 1.29 is 60.8 Å². The van der Waals surface area contributed by atoms with Crippen LogP contribution in [0.15, 0.2) is 39.0 Å². The predicted molar refractivity (Wildman–Crippen MR) is 149 cm³/mol. The lowest BCUT2D eigenvalue weighted by atomic mass is 10.1. The molecule has 246 valence electrons. The maximum Gasteiger partial charge on any atom is 0.530 e. The molecule has 5 atom stereocenters. The van der Waals surface area contributed by atoms with Crippen molar-refractivity contribution >= 4 is 41.8 Å². The number of quaternary nitrogens is 1. The summed E-state index contributed by atoms with van der Waals surface area (Å²) in [6.07, 6.45) is -3.18. The molecule has 0 spiro atoms. The van der Waals surface area contributed by atoms with E-state index in [-0.39, 0.29) is 37.2 Å². The first-order valence-corrected chi connectivity index (χ1v) is 15.8. The summed E-state index contributed by atoms with van der Waals surface area (Å²) in [6.45, 7) is 2.43. The maximum absolute atomic E-state index is 13.3. The molecule has 5 rings (SSSR count). The number of fused-ring (bicyclic) bond motifs is 1. The minimum Gasteiger partial charge on any atom is -0.542 e. The molecule has 0 amide bonds. The number of aromatic nitrogens is 2. The van der Waals surface area contributed by atoms with Crippen LogP contribution in [0.25, 0.3) is 6.08 Å². The number of carboxylic acid groups (broad SMARTS) is 1. The van der Waals surface area contributed by atoms with Crippen LogP contribution in [0.3, 0.4) is 0 Å². The molecule has 1 aromatic carbocycles. The Labute approximate surface area is 261 Å². The summed E-state index contributed by atoms with van der Waals surface area (Å²) in [5.41, 5.74) is 0.530. The molecular formula is C26H28BrF3N3O11P. The van der Waals surface area contributed by atoms with Crippen LogP contribution >= 0.6 is 23.8 Å². The lowest BCUT2D eigenvalue weighted by Crippen LogP contribution is -2.88. The third-order valence-corrected chi connectivity index (χ3v) is 8.55. The molecule has 19 heteroatoms. The number of alkyl halides is 3. The van der Waals surface area contributed by atoms with Gasteiger partial charge in [0.1, 0.15) is 30.2 Å². The van der Waals surface area contributed by atoms with Gasteiger partial charge in [0, 0.05) is 31.0 Å². The number of nitrogens with one attached hydrogen (secondary N) is 1. The van der Waals surface area contributed by atoms with E-state index in [0.29, 0.717) is 12.2 Å². The van der Waals surface area contributed by atoms with Crippen LogP contribution in [-0.2, 0) is 39.3 Å². The zero-order chi connectivity index (χ0) is 32.9. The number of hydrogen-bond donors (Lipinski definition) is 2. The Kier molecular flexibility index (Phi) is 11.1. The van der Waals surface area contributed by atoms with Gasteiger partial charge in [-0.05, 0) is 23.5 Å². The third-order valence-electron chi connectivity index (χ3n) is 6.97. The Balaban J connectivity index is 0.000000591. The minimum atomic E-state index is -5.19. The Morgan fingerprint density at radius 2 is 2.04 bits per heavy atom. The number of phosphoric acid groups is 1. The highest BCUT2D eigenvalue weighted by atomic mass is 79.9. The predicted octanol–water partition coefficient (Wildman–Crippen LogP) is 1.17. The first-order chi connectivity index (χ1) is 21.2. The van der Waals surface area contributed by atoms with Crippen molar-refractivity contribution in [1.82, 2.24) is 9.55 Å². The standard InChI is InChI=1S/C24H27BrN3O9P.C2HF3O2/c1-14-4-2-5-16-12-33-38(32,37-21(14)16)34-13-19-18(36-23(30)17-6-3-9-26-17)10-20(35-19)28-11-15(7-8-25)22(29)27-24(28)31;3-2(4,5)1(6)7/h2,4-5,7-8,11,17-20,26H,3,6,9-10,12-13H2,1H3,(H,27,29,31);(H,6,7)/b8-7+;/t17-,18-,19+,20+,38?;/m0./s1. The van der Waals surface area contributed by atoms with E-state index in [4.69, 9.17) is 32.9 Å². The number of ether oxygens (including phenoxy) is 2. The Bertz CT molecular complexity index is 1610. The van der Waals surface area contributed by atoms with Crippen molar-refractivity contribution in [3.63, 3.8) is 0 Å². The summed E-state index contributed by atoms with van der Waals surface area (Å²) < 4.78 is 74.6. The van der Waals surface area contributed by atoms with Gasteiger partial charge in [0.05, 0.1) is 25.3 Å². The second-order valence-corrected chi connectivity index (χ2v) is 12.2. The highest BCUT2D eigenvalue weighted by molar-refractivity contribution is 9.11. The summed E-state index contributed by atoms with van der Waals surface area (Å²) in [5, 5.41) is 10.7. The minimum absolute atomic E-state index is 0.0506. The molecule has 1 unspecified atom stereocenters. The smallest absolute Gasteiger partial charge is 0.530 e. The van der Waals surface area contributed by atoms with E-state index in [1.807, 2.05) is 30.4 Å². The van der Waals surface area contributed by atoms with Gasteiger partial charge in [0.2, 0.25) is 0 Å². The first kappa shape index (κ1) is 34.6. The van der Waals surface area contributed by atoms with Crippen molar-refractivity contribution in [2.24, 2.45) is 0 Å². The van der Waals surface area contributed by atoms with Crippen molar-refractivity contribution in [3.8, 4) is 5.75 Å². The van der Waals surface area contributed by atoms with Crippen LogP contribution < -0.4 is 26.2 Å². The molecular weight excluding hydrogens is 698 g/mol. The monoisotopic (exact) mass is 725 g/mol. The molecule has 3 aliphatic rings. The normalized spacial score (nSPS) is 26.1.